The minimum atomic E-state index is -0.530. The van der Waals surface area contributed by atoms with Gasteiger partial charge in [0, 0.05) is 31.7 Å². The fraction of sp³-hybridized carbons (Fsp3) is 0.450. The van der Waals surface area contributed by atoms with E-state index in [9.17, 15) is 14.4 Å². The molecule has 2 heterocycles. The Morgan fingerprint density at radius 1 is 1.19 bits per heavy atom. The van der Waals surface area contributed by atoms with Crippen LogP contribution in [0.1, 0.15) is 39.2 Å². The Labute approximate surface area is 159 Å². The maximum Gasteiger partial charge on any atom is 0.410 e. The summed E-state index contributed by atoms with van der Waals surface area (Å²) in [6.07, 6.45) is 2.82. The van der Waals surface area contributed by atoms with E-state index >= 15 is 0 Å². The van der Waals surface area contributed by atoms with Crippen molar-refractivity contribution in [3.8, 4) is 0 Å². The molecular formula is C20H25N3O4. The van der Waals surface area contributed by atoms with Gasteiger partial charge in [-0.15, -0.1) is 0 Å². The zero-order valence-corrected chi connectivity index (χ0v) is 15.9. The molecule has 7 heteroatoms. The fourth-order valence-electron chi connectivity index (χ4n) is 3.12. The standard InChI is InChI=1S/C20H25N3O4/c1-20(2,3)27-19(26)22-10-5-7-15(13-22)14-6-4-8-16(12-14)23-11-9-17(24)21-18(23)25/h4,6-8,12H,5,9-11,13H2,1-3H3,(H,21,24,25). The van der Waals surface area contributed by atoms with E-state index in [0.29, 0.717) is 19.6 Å². The monoisotopic (exact) mass is 371 g/mol. The number of hydrogen-bond donors (Lipinski definition) is 1. The van der Waals surface area contributed by atoms with Crippen LogP contribution < -0.4 is 10.2 Å². The van der Waals surface area contributed by atoms with Crippen LogP contribution in [0, 0.1) is 0 Å². The number of amides is 4. The predicted molar refractivity (Wildman–Crippen MR) is 102 cm³/mol. The Morgan fingerprint density at radius 2 is 1.96 bits per heavy atom. The fourth-order valence-corrected chi connectivity index (χ4v) is 3.12. The maximum absolute atomic E-state index is 12.4. The molecule has 144 valence electrons. The molecule has 2 aliphatic rings. The molecule has 0 spiro atoms. The van der Waals surface area contributed by atoms with Crippen LogP contribution >= 0.6 is 0 Å². The molecule has 7 nitrogen and oxygen atoms in total. The van der Waals surface area contributed by atoms with Gasteiger partial charge in [0.05, 0.1) is 0 Å². The molecule has 1 aromatic carbocycles. The number of imide groups is 1. The first-order chi connectivity index (χ1) is 12.7. The lowest BCUT2D eigenvalue weighted by Gasteiger charge is -2.31. The second kappa shape index (κ2) is 7.42. The van der Waals surface area contributed by atoms with Crippen molar-refractivity contribution >= 4 is 29.3 Å². The van der Waals surface area contributed by atoms with Crippen LogP contribution in [-0.4, -0.2) is 48.2 Å². The first kappa shape index (κ1) is 18.9. The molecule has 1 fully saturated rings. The van der Waals surface area contributed by atoms with Gasteiger partial charge in [0.25, 0.3) is 0 Å². The summed E-state index contributed by atoms with van der Waals surface area (Å²) in [5.41, 5.74) is 2.16. The second-order valence-corrected chi connectivity index (χ2v) is 7.73. The summed E-state index contributed by atoms with van der Waals surface area (Å²) in [5, 5.41) is 2.33. The molecule has 0 atom stereocenters. The molecule has 0 aliphatic carbocycles. The number of urea groups is 1. The van der Waals surface area contributed by atoms with Gasteiger partial charge in [-0.25, -0.2) is 9.59 Å². The molecule has 0 bridgehead atoms. The lowest BCUT2D eigenvalue weighted by atomic mass is 10.0. The van der Waals surface area contributed by atoms with Gasteiger partial charge >= 0.3 is 12.1 Å². The van der Waals surface area contributed by atoms with Gasteiger partial charge in [0.2, 0.25) is 5.91 Å². The summed E-state index contributed by atoms with van der Waals surface area (Å²) >= 11 is 0. The summed E-state index contributed by atoms with van der Waals surface area (Å²) in [4.78, 5) is 39.0. The Kier molecular flexibility index (Phi) is 5.21. The molecule has 0 saturated carbocycles. The van der Waals surface area contributed by atoms with E-state index < -0.39 is 11.6 Å². The van der Waals surface area contributed by atoms with Gasteiger partial charge in [-0.3, -0.25) is 15.0 Å². The van der Waals surface area contributed by atoms with Gasteiger partial charge < -0.3 is 9.64 Å². The topological polar surface area (TPSA) is 79.0 Å². The molecule has 0 unspecified atom stereocenters. The lowest BCUT2D eigenvalue weighted by molar-refractivity contribution is -0.120. The number of benzene rings is 1. The Bertz CT molecular complexity index is 795. The first-order valence-electron chi connectivity index (χ1n) is 9.12. The van der Waals surface area contributed by atoms with E-state index in [0.717, 1.165) is 23.2 Å². The Balaban J connectivity index is 1.75. The average Bonchev–Trinajstić information content (AvgIpc) is 2.60. The van der Waals surface area contributed by atoms with Crippen LogP contribution in [-0.2, 0) is 9.53 Å². The van der Waals surface area contributed by atoms with Gasteiger partial charge in [-0.1, -0.05) is 18.2 Å². The van der Waals surface area contributed by atoms with Crippen LogP contribution in [0.25, 0.3) is 5.57 Å². The highest BCUT2D eigenvalue weighted by Crippen LogP contribution is 2.26. The first-order valence-corrected chi connectivity index (χ1v) is 9.12. The van der Waals surface area contributed by atoms with Crippen LogP contribution in [0.2, 0.25) is 0 Å². The number of carbonyl (C=O) groups excluding carboxylic acids is 3. The van der Waals surface area contributed by atoms with Gasteiger partial charge in [0.1, 0.15) is 5.60 Å². The van der Waals surface area contributed by atoms with E-state index in [1.54, 1.807) is 9.80 Å². The summed E-state index contributed by atoms with van der Waals surface area (Å²) < 4.78 is 5.47. The number of nitrogens with zero attached hydrogens (tertiary/aromatic N) is 2. The van der Waals surface area contributed by atoms with Crippen LogP contribution in [0.4, 0.5) is 15.3 Å². The number of ether oxygens (including phenoxy) is 1. The SMILES string of the molecule is CC(C)(C)OC(=O)N1CCC=C(c2cccc(N3CCC(=O)NC3=O)c2)C1. The smallest absolute Gasteiger partial charge is 0.410 e. The molecule has 1 N–H and O–H groups in total. The molecule has 2 aliphatic heterocycles. The van der Waals surface area contributed by atoms with Gasteiger partial charge in [-0.05, 0) is 50.5 Å². The lowest BCUT2D eigenvalue weighted by Crippen LogP contribution is -2.49. The van der Waals surface area contributed by atoms with Crippen molar-refractivity contribution in [3.63, 3.8) is 0 Å². The third kappa shape index (κ3) is 4.67. The summed E-state index contributed by atoms with van der Waals surface area (Å²) in [5.74, 6) is -0.254. The zero-order chi connectivity index (χ0) is 19.6. The van der Waals surface area contributed by atoms with E-state index in [1.165, 1.54) is 0 Å². The molecule has 3 rings (SSSR count). The average molecular weight is 371 g/mol. The molecular weight excluding hydrogens is 346 g/mol. The minimum Gasteiger partial charge on any atom is -0.444 e. The summed E-state index contributed by atoms with van der Waals surface area (Å²) in [6, 6.07) is 7.19. The zero-order valence-electron chi connectivity index (χ0n) is 15.9. The highest BCUT2D eigenvalue weighted by Gasteiger charge is 2.26. The third-order valence-electron chi connectivity index (χ3n) is 4.39. The molecule has 1 saturated heterocycles. The van der Waals surface area contributed by atoms with Crippen molar-refractivity contribution in [2.45, 2.75) is 39.2 Å². The van der Waals surface area contributed by atoms with Crippen LogP contribution in [0.3, 0.4) is 0 Å². The summed E-state index contributed by atoms with van der Waals surface area (Å²) in [7, 11) is 0. The number of anilines is 1. The normalized spacial score (nSPS) is 18.1. The van der Waals surface area contributed by atoms with Crippen LogP contribution in [0.5, 0.6) is 0 Å². The molecule has 0 aromatic heterocycles. The quantitative estimate of drug-likeness (QED) is 0.866. The van der Waals surface area contributed by atoms with Crippen molar-refractivity contribution in [3.05, 3.63) is 35.9 Å². The Morgan fingerprint density at radius 3 is 2.67 bits per heavy atom. The number of carbonyl (C=O) groups is 3. The van der Waals surface area contributed by atoms with E-state index in [2.05, 4.69) is 11.4 Å². The van der Waals surface area contributed by atoms with Crippen molar-refractivity contribution in [2.24, 2.45) is 0 Å². The number of hydrogen-bond acceptors (Lipinski definition) is 4. The number of nitrogens with one attached hydrogen (secondary N) is 1. The Hall–Kier alpha value is -2.83. The van der Waals surface area contributed by atoms with Crippen LogP contribution in [0.15, 0.2) is 30.3 Å². The minimum absolute atomic E-state index is 0.254. The molecule has 0 radical (unpaired) electrons. The molecule has 1 aromatic rings. The van der Waals surface area contributed by atoms with Crippen molar-refractivity contribution in [1.29, 1.82) is 0 Å². The summed E-state index contributed by atoms with van der Waals surface area (Å²) in [6.45, 7) is 6.99. The predicted octanol–water partition coefficient (Wildman–Crippen LogP) is 3.16. The van der Waals surface area contributed by atoms with E-state index in [-0.39, 0.29) is 18.4 Å². The van der Waals surface area contributed by atoms with E-state index in [4.69, 9.17) is 4.74 Å². The second-order valence-electron chi connectivity index (χ2n) is 7.73. The van der Waals surface area contributed by atoms with Gasteiger partial charge in [0.15, 0.2) is 0 Å². The van der Waals surface area contributed by atoms with Gasteiger partial charge in [-0.2, -0.15) is 0 Å². The highest BCUT2D eigenvalue weighted by atomic mass is 16.6. The third-order valence-corrected chi connectivity index (χ3v) is 4.39. The van der Waals surface area contributed by atoms with Crippen molar-refractivity contribution < 1.29 is 19.1 Å². The van der Waals surface area contributed by atoms with E-state index in [1.807, 2.05) is 45.0 Å². The molecule has 27 heavy (non-hydrogen) atoms. The maximum atomic E-state index is 12.4. The highest BCUT2D eigenvalue weighted by molar-refractivity contribution is 6.05. The largest absolute Gasteiger partial charge is 0.444 e. The van der Waals surface area contributed by atoms with Crippen molar-refractivity contribution in [1.82, 2.24) is 10.2 Å². The van der Waals surface area contributed by atoms with Crippen molar-refractivity contribution in [2.75, 3.05) is 24.5 Å². The molecule has 4 amide bonds. The number of rotatable bonds is 2.